The van der Waals surface area contributed by atoms with Crippen molar-refractivity contribution in [3.8, 4) is 11.4 Å². The van der Waals surface area contributed by atoms with E-state index < -0.39 is 0 Å². The van der Waals surface area contributed by atoms with Crippen molar-refractivity contribution in [1.29, 1.82) is 0 Å². The summed E-state index contributed by atoms with van der Waals surface area (Å²) in [6.07, 6.45) is 6.37. The first-order chi connectivity index (χ1) is 7.34. The highest BCUT2D eigenvalue weighted by molar-refractivity contribution is 6.30. The fraction of sp³-hybridized carbons (Fsp3) is 0.273. The van der Waals surface area contributed by atoms with Gasteiger partial charge in [0.25, 0.3) is 0 Å². The maximum absolute atomic E-state index is 6.11. The maximum Gasteiger partial charge on any atom is 0.164 e. The average molecular weight is 221 g/mol. The molecule has 1 aliphatic carbocycles. The van der Waals surface area contributed by atoms with Crippen LogP contribution in [0.15, 0.2) is 23.0 Å². The number of halogens is 1. The van der Waals surface area contributed by atoms with Crippen molar-refractivity contribution in [2.75, 3.05) is 0 Å². The first kappa shape index (κ1) is 8.92. The minimum atomic E-state index is 0.591. The smallest absolute Gasteiger partial charge is 0.164 e. The molecule has 1 aliphatic rings. The van der Waals surface area contributed by atoms with E-state index >= 15 is 0 Å². The quantitative estimate of drug-likeness (QED) is 0.694. The Labute approximate surface area is 92.1 Å². The van der Waals surface area contributed by atoms with Crippen LogP contribution in [0.4, 0.5) is 0 Å². The molecule has 0 spiro atoms. The number of hydrogen-bond donors (Lipinski definition) is 0. The molecule has 4 heteroatoms. The standard InChI is InChI=1S/C11H9ClN2O/c12-10-8-2-1-3-9(8)13-11(14-10)7-4-5-15-6-7/h4-6H,1-3H2. The van der Waals surface area contributed by atoms with Gasteiger partial charge in [-0.2, -0.15) is 0 Å². The van der Waals surface area contributed by atoms with Crippen LogP contribution in [0.3, 0.4) is 0 Å². The molecule has 0 atom stereocenters. The van der Waals surface area contributed by atoms with Gasteiger partial charge < -0.3 is 4.42 Å². The number of aromatic nitrogens is 2. The van der Waals surface area contributed by atoms with Gasteiger partial charge in [-0.3, -0.25) is 0 Å². The zero-order chi connectivity index (χ0) is 10.3. The molecule has 2 aromatic heterocycles. The van der Waals surface area contributed by atoms with E-state index in [0.717, 1.165) is 36.1 Å². The van der Waals surface area contributed by atoms with Crippen LogP contribution in [-0.4, -0.2) is 9.97 Å². The molecule has 0 aromatic carbocycles. The highest BCUT2D eigenvalue weighted by Crippen LogP contribution is 2.28. The van der Waals surface area contributed by atoms with Crippen molar-refractivity contribution < 1.29 is 4.42 Å². The topological polar surface area (TPSA) is 38.9 Å². The molecule has 0 radical (unpaired) electrons. The number of aryl methyl sites for hydroxylation is 1. The zero-order valence-electron chi connectivity index (χ0n) is 8.03. The number of rotatable bonds is 1. The van der Waals surface area contributed by atoms with Gasteiger partial charge in [-0.25, -0.2) is 9.97 Å². The number of hydrogen-bond acceptors (Lipinski definition) is 3. The molecule has 2 aromatic rings. The molecule has 0 saturated heterocycles. The third-order valence-electron chi connectivity index (χ3n) is 2.66. The van der Waals surface area contributed by atoms with E-state index in [0.29, 0.717) is 11.0 Å². The van der Waals surface area contributed by atoms with Crippen LogP contribution in [0, 0.1) is 0 Å². The van der Waals surface area contributed by atoms with Gasteiger partial charge in [-0.1, -0.05) is 11.6 Å². The molecule has 0 bridgehead atoms. The Morgan fingerprint density at radius 1 is 1.27 bits per heavy atom. The van der Waals surface area contributed by atoms with Crippen LogP contribution >= 0.6 is 11.6 Å². The Morgan fingerprint density at radius 3 is 3.00 bits per heavy atom. The summed E-state index contributed by atoms with van der Waals surface area (Å²) in [5.74, 6) is 0.661. The van der Waals surface area contributed by atoms with Crippen LogP contribution in [0.25, 0.3) is 11.4 Å². The Bertz CT molecular complexity index is 494. The minimum absolute atomic E-state index is 0.591. The van der Waals surface area contributed by atoms with Gasteiger partial charge in [0.1, 0.15) is 11.4 Å². The Hall–Kier alpha value is -1.35. The van der Waals surface area contributed by atoms with Gasteiger partial charge in [0.2, 0.25) is 0 Å². The largest absolute Gasteiger partial charge is 0.472 e. The van der Waals surface area contributed by atoms with Gasteiger partial charge in [-0.15, -0.1) is 0 Å². The Balaban J connectivity index is 2.15. The molecule has 0 amide bonds. The third-order valence-corrected chi connectivity index (χ3v) is 2.97. The SMILES string of the molecule is Clc1nc(-c2ccoc2)nc2c1CCC2. The lowest BCUT2D eigenvalue weighted by molar-refractivity contribution is 0.568. The molecule has 0 saturated carbocycles. The molecule has 2 heterocycles. The second kappa shape index (κ2) is 3.35. The second-order valence-electron chi connectivity index (χ2n) is 3.63. The normalized spacial score (nSPS) is 14.2. The molecule has 0 fully saturated rings. The monoisotopic (exact) mass is 220 g/mol. The van der Waals surface area contributed by atoms with Crippen LogP contribution < -0.4 is 0 Å². The van der Waals surface area contributed by atoms with Gasteiger partial charge in [-0.05, 0) is 25.3 Å². The molecule has 0 N–H and O–H groups in total. The summed E-state index contributed by atoms with van der Waals surface area (Å²) in [7, 11) is 0. The molecule has 76 valence electrons. The van der Waals surface area contributed by atoms with E-state index in [9.17, 15) is 0 Å². The zero-order valence-corrected chi connectivity index (χ0v) is 8.79. The van der Waals surface area contributed by atoms with Gasteiger partial charge >= 0.3 is 0 Å². The summed E-state index contributed by atoms with van der Waals surface area (Å²) in [6.45, 7) is 0. The lowest BCUT2D eigenvalue weighted by Gasteiger charge is -2.03. The van der Waals surface area contributed by atoms with E-state index in [1.165, 1.54) is 0 Å². The number of nitrogens with zero attached hydrogens (tertiary/aromatic N) is 2. The van der Waals surface area contributed by atoms with Crippen molar-refractivity contribution in [2.24, 2.45) is 0 Å². The van der Waals surface area contributed by atoms with E-state index in [4.69, 9.17) is 16.0 Å². The Kier molecular flexibility index (Phi) is 1.99. The summed E-state index contributed by atoms with van der Waals surface area (Å²) in [6, 6.07) is 1.84. The van der Waals surface area contributed by atoms with E-state index in [1.807, 2.05) is 6.07 Å². The van der Waals surface area contributed by atoms with Crippen molar-refractivity contribution in [1.82, 2.24) is 9.97 Å². The fourth-order valence-electron chi connectivity index (χ4n) is 1.91. The van der Waals surface area contributed by atoms with Crippen molar-refractivity contribution in [3.63, 3.8) is 0 Å². The van der Waals surface area contributed by atoms with E-state index in [2.05, 4.69) is 9.97 Å². The summed E-state index contributed by atoms with van der Waals surface area (Å²) >= 11 is 6.11. The number of fused-ring (bicyclic) bond motifs is 1. The molecule has 0 unspecified atom stereocenters. The molecular weight excluding hydrogens is 212 g/mol. The van der Waals surface area contributed by atoms with Crippen LogP contribution in [-0.2, 0) is 12.8 Å². The predicted octanol–water partition coefficient (Wildman–Crippen LogP) is 2.88. The predicted molar refractivity (Wildman–Crippen MR) is 56.8 cm³/mol. The van der Waals surface area contributed by atoms with Crippen molar-refractivity contribution in [3.05, 3.63) is 35.0 Å². The Morgan fingerprint density at radius 2 is 2.20 bits per heavy atom. The second-order valence-corrected chi connectivity index (χ2v) is 3.99. The van der Waals surface area contributed by atoms with Crippen molar-refractivity contribution in [2.45, 2.75) is 19.3 Å². The lowest BCUT2D eigenvalue weighted by atomic mass is 10.2. The summed E-state index contributed by atoms with van der Waals surface area (Å²) in [5, 5.41) is 0.591. The van der Waals surface area contributed by atoms with E-state index in [-0.39, 0.29) is 0 Å². The van der Waals surface area contributed by atoms with Crippen LogP contribution in [0.5, 0.6) is 0 Å². The lowest BCUT2D eigenvalue weighted by Crippen LogP contribution is -1.96. The summed E-state index contributed by atoms with van der Waals surface area (Å²) in [4.78, 5) is 8.78. The molecule has 15 heavy (non-hydrogen) atoms. The van der Waals surface area contributed by atoms with Gasteiger partial charge in [0, 0.05) is 11.3 Å². The molecule has 3 rings (SSSR count). The first-order valence-electron chi connectivity index (χ1n) is 4.92. The summed E-state index contributed by atoms with van der Waals surface area (Å²) < 4.78 is 5.01. The third kappa shape index (κ3) is 1.43. The molecule has 0 aliphatic heterocycles. The maximum atomic E-state index is 6.11. The fourth-order valence-corrected chi connectivity index (χ4v) is 2.19. The summed E-state index contributed by atoms with van der Waals surface area (Å²) in [5.41, 5.74) is 3.08. The first-order valence-corrected chi connectivity index (χ1v) is 5.30. The van der Waals surface area contributed by atoms with Gasteiger partial charge in [0.05, 0.1) is 11.8 Å². The highest BCUT2D eigenvalue weighted by Gasteiger charge is 2.18. The average Bonchev–Trinajstić information content (AvgIpc) is 2.88. The van der Waals surface area contributed by atoms with Crippen LogP contribution in [0.2, 0.25) is 5.15 Å². The molecular formula is C11H9ClN2O. The van der Waals surface area contributed by atoms with Crippen LogP contribution in [0.1, 0.15) is 17.7 Å². The van der Waals surface area contributed by atoms with Gasteiger partial charge in [0.15, 0.2) is 5.82 Å². The highest BCUT2D eigenvalue weighted by atomic mass is 35.5. The minimum Gasteiger partial charge on any atom is -0.472 e. The molecule has 3 nitrogen and oxygen atoms in total. The van der Waals surface area contributed by atoms with Crippen molar-refractivity contribution >= 4 is 11.6 Å². The van der Waals surface area contributed by atoms with E-state index in [1.54, 1.807) is 12.5 Å². The number of furan rings is 1.